The van der Waals surface area contributed by atoms with Gasteiger partial charge in [-0.2, -0.15) is 0 Å². The fourth-order valence-corrected chi connectivity index (χ4v) is 3.93. The van der Waals surface area contributed by atoms with Crippen molar-refractivity contribution in [2.45, 2.75) is 45.3 Å². The summed E-state index contributed by atoms with van der Waals surface area (Å²) in [4.78, 5) is 5.10. The van der Waals surface area contributed by atoms with E-state index >= 15 is 0 Å². The molecule has 0 bridgehead atoms. The number of aliphatic hydroxyl groups is 1. The summed E-state index contributed by atoms with van der Waals surface area (Å²) < 4.78 is 0. The molecule has 2 heterocycles. The van der Waals surface area contributed by atoms with Gasteiger partial charge in [-0.15, -0.1) is 0 Å². The van der Waals surface area contributed by atoms with Crippen molar-refractivity contribution in [3.05, 3.63) is 34.9 Å². The maximum Gasteiger partial charge on any atom is 0.0919 e. The van der Waals surface area contributed by atoms with Gasteiger partial charge >= 0.3 is 0 Å². The minimum atomic E-state index is -0.360. The zero-order valence-electron chi connectivity index (χ0n) is 13.4. The first kappa shape index (κ1) is 15.0. The number of hydrogen-bond donors (Lipinski definition) is 1. The van der Waals surface area contributed by atoms with Crippen LogP contribution in [0.3, 0.4) is 0 Å². The summed E-state index contributed by atoms with van der Waals surface area (Å²) in [6.07, 6.45) is 3.70. The summed E-state index contributed by atoms with van der Waals surface area (Å²) in [5, 5.41) is 10.6. The summed E-state index contributed by atoms with van der Waals surface area (Å²) in [5.74, 6) is 0. The molecule has 116 valence electrons. The van der Waals surface area contributed by atoms with Crippen molar-refractivity contribution >= 4 is 0 Å². The largest absolute Gasteiger partial charge is 0.387 e. The number of aliphatic hydroxyl groups excluding tert-OH is 1. The predicted molar refractivity (Wildman–Crippen MR) is 86.5 cm³/mol. The van der Waals surface area contributed by atoms with Gasteiger partial charge in [0.05, 0.1) is 6.10 Å². The zero-order chi connectivity index (χ0) is 14.8. The van der Waals surface area contributed by atoms with Crippen molar-refractivity contribution in [1.29, 1.82) is 0 Å². The van der Waals surface area contributed by atoms with E-state index in [1.165, 1.54) is 43.5 Å². The van der Waals surface area contributed by atoms with Crippen LogP contribution in [0.15, 0.2) is 18.2 Å². The van der Waals surface area contributed by atoms with Crippen molar-refractivity contribution in [2.75, 3.05) is 32.7 Å². The topological polar surface area (TPSA) is 26.7 Å². The summed E-state index contributed by atoms with van der Waals surface area (Å²) >= 11 is 0. The standard InChI is InChI=1S/C18H28N2O/c1-14-6-7-17(15(2)11-14)18(21)13-19-9-10-20-8-4-3-5-16(20)12-19/h6-7,11,16,18,21H,3-5,8-10,12-13H2,1-2H3. The lowest BCUT2D eigenvalue weighted by atomic mass is 9.97. The van der Waals surface area contributed by atoms with E-state index < -0.39 is 0 Å². The first-order valence-electron chi connectivity index (χ1n) is 8.35. The van der Waals surface area contributed by atoms with Crippen molar-refractivity contribution < 1.29 is 5.11 Å². The lowest BCUT2D eigenvalue weighted by Crippen LogP contribution is -2.55. The number of piperazine rings is 1. The molecule has 0 saturated carbocycles. The van der Waals surface area contributed by atoms with Gasteiger partial charge < -0.3 is 5.11 Å². The Morgan fingerprint density at radius 3 is 2.86 bits per heavy atom. The molecule has 3 heteroatoms. The van der Waals surface area contributed by atoms with Crippen LogP contribution in [0.5, 0.6) is 0 Å². The van der Waals surface area contributed by atoms with Crippen molar-refractivity contribution in [3.8, 4) is 0 Å². The van der Waals surface area contributed by atoms with Crippen LogP contribution in [0, 0.1) is 13.8 Å². The third kappa shape index (κ3) is 3.47. The molecule has 21 heavy (non-hydrogen) atoms. The van der Waals surface area contributed by atoms with Gasteiger partial charge in [-0.1, -0.05) is 30.2 Å². The number of fused-ring (bicyclic) bond motifs is 1. The summed E-state index contributed by atoms with van der Waals surface area (Å²) in [6, 6.07) is 7.08. The van der Waals surface area contributed by atoms with Gasteiger partial charge in [0, 0.05) is 32.2 Å². The van der Waals surface area contributed by atoms with E-state index in [0.717, 1.165) is 31.2 Å². The first-order valence-corrected chi connectivity index (χ1v) is 8.35. The van der Waals surface area contributed by atoms with Crippen LogP contribution in [-0.4, -0.2) is 53.7 Å². The Bertz CT molecular complexity index is 488. The van der Waals surface area contributed by atoms with E-state index in [-0.39, 0.29) is 6.10 Å². The summed E-state index contributed by atoms with van der Waals surface area (Å²) in [5.41, 5.74) is 3.56. The van der Waals surface area contributed by atoms with E-state index in [0.29, 0.717) is 0 Å². The molecule has 0 aromatic heterocycles. The molecule has 2 saturated heterocycles. The molecule has 2 fully saturated rings. The monoisotopic (exact) mass is 288 g/mol. The molecule has 1 N–H and O–H groups in total. The van der Waals surface area contributed by atoms with Crippen molar-refractivity contribution in [2.24, 2.45) is 0 Å². The third-order valence-electron chi connectivity index (χ3n) is 5.14. The molecular formula is C18H28N2O. The molecule has 2 aliphatic rings. The molecule has 3 rings (SSSR count). The molecule has 0 aliphatic carbocycles. The maximum absolute atomic E-state index is 10.6. The zero-order valence-corrected chi connectivity index (χ0v) is 13.4. The Morgan fingerprint density at radius 2 is 2.05 bits per heavy atom. The number of hydrogen-bond acceptors (Lipinski definition) is 3. The molecule has 2 unspecified atom stereocenters. The van der Waals surface area contributed by atoms with Gasteiger partial charge in [-0.25, -0.2) is 0 Å². The second-order valence-corrected chi connectivity index (χ2v) is 6.82. The highest BCUT2D eigenvalue weighted by molar-refractivity contribution is 5.32. The normalized spacial score (nSPS) is 25.6. The van der Waals surface area contributed by atoms with Crippen LogP contribution in [0.4, 0.5) is 0 Å². The number of β-amino-alcohol motifs (C(OH)–C–C–N with tert-alkyl or cyclic N) is 1. The van der Waals surface area contributed by atoms with Crippen LogP contribution in [0.2, 0.25) is 0 Å². The van der Waals surface area contributed by atoms with Gasteiger partial charge in [0.15, 0.2) is 0 Å². The highest BCUT2D eigenvalue weighted by Gasteiger charge is 2.29. The molecule has 1 aromatic rings. The molecule has 0 amide bonds. The quantitative estimate of drug-likeness (QED) is 0.926. The fourth-order valence-electron chi connectivity index (χ4n) is 3.93. The minimum Gasteiger partial charge on any atom is -0.387 e. The van der Waals surface area contributed by atoms with Gasteiger partial charge in [-0.05, 0) is 44.4 Å². The van der Waals surface area contributed by atoms with Gasteiger partial charge in [0.2, 0.25) is 0 Å². The van der Waals surface area contributed by atoms with E-state index in [1.54, 1.807) is 0 Å². The third-order valence-corrected chi connectivity index (χ3v) is 5.14. The first-order chi connectivity index (χ1) is 10.1. The number of benzene rings is 1. The highest BCUT2D eigenvalue weighted by Crippen LogP contribution is 2.24. The number of piperidine rings is 1. The Kier molecular flexibility index (Phi) is 4.63. The van der Waals surface area contributed by atoms with Crippen LogP contribution in [-0.2, 0) is 0 Å². The van der Waals surface area contributed by atoms with Crippen molar-refractivity contribution in [3.63, 3.8) is 0 Å². The van der Waals surface area contributed by atoms with Crippen LogP contribution >= 0.6 is 0 Å². The van der Waals surface area contributed by atoms with E-state index in [2.05, 4.69) is 41.8 Å². The van der Waals surface area contributed by atoms with Crippen molar-refractivity contribution in [1.82, 2.24) is 9.80 Å². The average Bonchev–Trinajstić information content (AvgIpc) is 2.47. The average molecular weight is 288 g/mol. The van der Waals surface area contributed by atoms with Crippen LogP contribution in [0.25, 0.3) is 0 Å². The smallest absolute Gasteiger partial charge is 0.0919 e. The van der Waals surface area contributed by atoms with Gasteiger partial charge in [0.25, 0.3) is 0 Å². The Morgan fingerprint density at radius 1 is 1.19 bits per heavy atom. The Balaban J connectivity index is 1.61. The second kappa shape index (κ2) is 6.47. The number of rotatable bonds is 3. The highest BCUT2D eigenvalue weighted by atomic mass is 16.3. The lowest BCUT2D eigenvalue weighted by Gasteiger charge is -2.44. The molecule has 0 spiro atoms. The maximum atomic E-state index is 10.6. The van der Waals surface area contributed by atoms with Gasteiger partial charge in [-0.3, -0.25) is 9.80 Å². The Labute approximate surface area is 128 Å². The molecule has 3 nitrogen and oxygen atoms in total. The lowest BCUT2D eigenvalue weighted by molar-refractivity contribution is 0.0233. The molecule has 0 radical (unpaired) electrons. The summed E-state index contributed by atoms with van der Waals surface area (Å²) in [7, 11) is 0. The number of aryl methyl sites for hydroxylation is 2. The molecule has 1 aromatic carbocycles. The molecule has 2 aliphatic heterocycles. The SMILES string of the molecule is Cc1ccc(C(O)CN2CCN3CCCCC3C2)c(C)c1. The van der Waals surface area contributed by atoms with E-state index in [1.807, 2.05) is 0 Å². The van der Waals surface area contributed by atoms with Crippen LogP contribution < -0.4 is 0 Å². The van der Waals surface area contributed by atoms with Crippen LogP contribution in [0.1, 0.15) is 42.1 Å². The van der Waals surface area contributed by atoms with Gasteiger partial charge in [0.1, 0.15) is 0 Å². The van der Waals surface area contributed by atoms with E-state index in [4.69, 9.17) is 0 Å². The minimum absolute atomic E-state index is 0.360. The molecular weight excluding hydrogens is 260 g/mol. The second-order valence-electron chi connectivity index (χ2n) is 6.82. The number of nitrogens with zero attached hydrogens (tertiary/aromatic N) is 2. The van der Waals surface area contributed by atoms with E-state index in [9.17, 15) is 5.11 Å². The summed E-state index contributed by atoms with van der Waals surface area (Å²) in [6.45, 7) is 9.65. The Hall–Kier alpha value is -0.900. The predicted octanol–water partition coefficient (Wildman–Crippen LogP) is 2.51. The fraction of sp³-hybridized carbons (Fsp3) is 0.667. The molecule has 2 atom stereocenters.